The van der Waals surface area contributed by atoms with Crippen LogP contribution in [-0.2, 0) is 4.79 Å². The van der Waals surface area contributed by atoms with Crippen molar-refractivity contribution >= 4 is 40.3 Å². The number of benzene rings is 1. The number of anilines is 1. The van der Waals surface area contributed by atoms with Crippen molar-refractivity contribution in [3.05, 3.63) is 51.7 Å². The van der Waals surface area contributed by atoms with Crippen molar-refractivity contribution in [1.29, 1.82) is 5.26 Å². The zero-order valence-electron chi connectivity index (χ0n) is 11.1. The largest absolute Gasteiger partial charge is 0.314 e. The lowest BCUT2D eigenvalue weighted by Crippen LogP contribution is -2.36. The van der Waals surface area contributed by atoms with E-state index in [1.165, 1.54) is 18.0 Å². The Bertz CT molecular complexity index is 706. The average molecular weight is 319 g/mol. The number of nitrogens with zero attached hydrogens (tertiary/aromatic N) is 2. The monoisotopic (exact) mass is 318 g/mol. The Morgan fingerprint density at radius 2 is 1.90 bits per heavy atom. The van der Waals surface area contributed by atoms with Crippen LogP contribution in [0.5, 0.6) is 0 Å². The van der Waals surface area contributed by atoms with Crippen LogP contribution in [0.25, 0.3) is 0 Å². The number of carbonyl (C=O) groups is 2. The lowest BCUT2D eigenvalue weighted by atomic mass is 10.0. The van der Waals surface area contributed by atoms with Gasteiger partial charge >= 0.3 is 0 Å². The Morgan fingerprint density at radius 1 is 1.24 bits per heavy atom. The molecule has 1 heterocycles. The Morgan fingerprint density at radius 3 is 2.43 bits per heavy atom. The number of Topliss-reactive ketones (excluding diaryl/α,β-unsaturated/α-hetero) is 1. The number of rotatable bonds is 4. The van der Waals surface area contributed by atoms with Crippen LogP contribution in [0, 0.1) is 17.2 Å². The Balaban J connectivity index is 2.23. The predicted octanol–water partition coefficient (Wildman–Crippen LogP) is 3.39. The first-order valence-corrected chi connectivity index (χ1v) is 7.26. The van der Waals surface area contributed by atoms with Gasteiger partial charge in [-0.2, -0.15) is 5.26 Å². The number of hydrogen-bond donors (Lipinski definition) is 0. The van der Waals surface area contributed by atoms with E-state index in [1.54, 1.807) is 36.4 Å². The van der Waals surface area contributed by atoms with Crippen molar-refractivity contribution in [2.45, 2.75) is 0 Å². The molecule has 0 aliphatic carbocycles. The molecule has 1 atom stereocenters. The molecular weight excluding hydrogens is 308 g/mol. The molecule has 1 amide bonds. The predicted molar refractivity (Wildman–Crippen MR) is 82.6 cm³/mol. The molecule has 0 aliphatic rings. The molecule has 0 bridgehead atoms. The fourth-order valence-corrected chi connectivity index (χ4v) is 2.80. The molecule has 2 aromatic rings. The third-order valence-electron chi connectivity index (χ3n) is 2.93. The van der Waals surface area contributed by atoms with Gasteiger partial charge in [-0.25, -0.2) is 0 Å². The van der Waals surface area contributed by atoms with E-state index >= 15 is 0 Å². The molecule has 6 heteroatoms. The van der Waals surface area contributed by atoms with E-state index in [2.05, 4.69) is 0 Å². The van der Waals surface area contributed by atoms with Gasteiger partial charge in [-0.15, -0.1) is 11.3 Å². The lowest BCUT2D eigenvalue weighted by Gasteiger charge is -2.19. The summed E-state index contributed by atoms with van der Waals surface area (Å²) in [7, 11) is 1.54. The first kappa shape index (κ1) is 15.2. The standard InChI is InChI=1S/C15H11ClN2O2S/c1-18(10-5-3-2-4-6-10)15(20)11(9-17)14(19)12-7-8-13(16)21-12/h2-8,11H,1H3/t11-/m1/s1. The quantitative estimate of drug-likeness (QED) is 0.641. The fraction of sp³-hybridized carbons (Fsp3) is 0.133. The minimum Gasteiger partial charge on any atom is -0.314 e. The van der Waals surface area contributed by atoms with E-state index in [0.29, 0.717) is 14.9 Å². The number of ketones is 1. The summed E-state index contributed by atoms with van der Waals surface area (Å²) in [6.45, 7) is 0. The van der Waals surface area contributed by atoms with E-state index in [-0.39, 0.29) is 0 Å². The van der Waals surface area contributed by atoms with Crippen LogP contribution in [0.2, 0.25) is 4.34 Å². The van der Waals surface area contributed by atoms with E-state index in [4.69, 9.17) is 11.6 Å². The van der Waals surface area contributed by atoms with Crippen molar-refractivity contribution in [2.75, 3.05) is 11.9 Å². The average Bonchev–Trinajstić information content (AvgIpc) is 2.94. The van der Waals surface area contributed by atoms with Crippen LogP contribution in [0.1, 0.15) is 9.67 Å². The number of amides is 1. The maximum Gasteiger partial charge on any atom is 0.252 e. The highest BCUT2D eigenvalue weighted by Gasteiger charge is 2.31. The van der Waals surface area contributed by atoms with E-state index in [0.717, 1.165) is 11.3 Å². The second-order valence-electron chi connectivity index (χ2n) is 4.26. The normalized spacial score (nSPS) is 11.5. The number of halogens is 1. The number of nitriles is 1. The van der Waals surface area contributed by atoms with Gasteiger partial charge in [0.15, 0.2) is 11.7 Å². The lowest BCUT2D eigenvalue weighted by molar-refractivity contribution is -0.119. The smallest absolute Gasteiger partial charge is 0.252 e. The zero-order chi connectivity index (χ0) is 15.4. The molecule has 2 rings (SSSR count). The molecule has 0 fully saturated rings. The molecule has 1 aromatic heterocycles. The number of para-hydroxylation sites is 1. The van der Waals surface area contributed by atoms with Crippen LogP contribution in [0.15, 0.2) is 42.5 Å². The second kappa shape index (κ2) is 6.53. The van der Waals surface area contributed by atoms with Crippen LogP contribution in [-0.4, -0.2) is 18.7 Å². The van der Waals surface area contributed by atoms with Crippen LogP contribution in [0.3, 0.4) is 0 Å². The van der Waals surface area contributed by atoms with Crippen molar-refractivity contribution in [2.24, 2.45) is 5.92 Å². The van der Waals surface area contributed by atoms with Gasteiger partial charge in [-0.05, 0) is 24.3 Å². The van der Waals surface area contributed by atoms with Gasteiger partial charge in [0.25, 0.3) is 5.91 Å². The Hall–Kier alpha value is -2.16. The zero-order valence-corrected chi connectivity index (χ0v) is 12.7. The van der Waals surface area contributed by atoms with Crippen LogP contribution < -0.4 is 4.90 Å². The van der Waals surface area contributed by atoms with E-state index in [9.17, 15) is 14.9 Å². The van der Waals surface area contributed by atoms with Crippen LogP contribution >= 0.6 is 22.9 Å². The third-order valence-corrected chi connectivity index (χ3v) is 4.17. The SMILES string of the molecule is CN(C(=O)[C@H](C#N)C(=O)c1ccc(Cl)s1)c1ccccc1. The molecule has 0 saturated heterocycles. The molecule has 4 nitrogen and oxygen atoms in total. The maximum absolute atomic E-state index is 12.4. The highest BCUT2D eigenvalue weighted by atomic mass is 35.5. The minimum atomic E-state index is -1.37. The van der Waals surface area contributed by atoms with Crippen molar-refractivity contribution in [1.82, 2.24) is 0 Å². The number of thiophene rings is 1. The molecule has 0 saturated carbocycles. The summed E-state index contributed by atoms with van der Waals surface area (Å²) in [6, 6.07) is 13.7. The molecule has 0 N–H and O–H groups in total. The summed E-state index contributed by atoms with van der Waals surface area (Å²) in [5, 5.41) is 9.18. The molecule has 0 unspecified atom stereocenters. The van der Waals surface area contributed by atoms with Gasteiger partial charge in [-0.1, -0.05) is 29.8 Å². The number of hydrogen-bond acceptors (Lipinski definition) is 4. The first-order chi connectivity index (χ1) is 10.0. The fourth-order valence-electron chi connectivity index (χ4n) is 1.79. The summed E-state index contributed by atoms with van der Waals surface area (Å²) >= 11 is 6.84. The molecule has 0 aliphatic heterocycles. The van der Waals surface area contributed by atoms with Gasteiger partial charge < -0.3 is 4.90 Å². The van der Waals surface area contributed by atoms with E-state index in [1.807, 2.05) is 6.07 Å². The van der Waals surface area contributed by atoms with Gasteiger partial charge in [0, 0.05) is 12.7 Å². The Kier molecular flexibility index (Phi) is 4.73. The van der Waals surface area contributed by atoms with Gasteiger partial charge in [0.1, 0.15) is 0 Å². The topological polar surface area (TPSA) is 61.2 Å². The third kappa shape index (κ3) is 3.30. The Labute approximate surface area is 131 Å². The molecule has 0 spiro atoms. The van der Waals surface area contributed by atoms with Crippen molar-refractivity contribution < 1.29 is 9.59 Å². The molecule has 106 valence electrons. The summed E-state index contributed by atoms with van der Waals surface area (Å²) in [6.07, 6.45) is 0. The van der Waals surface area contributed by atoms with Crippen LogP contribution in [0.4, 0.5) is 5.69 Å². The summed E-state index contributed by atoms with van der Waals surface area (Å²) < 4.78 is 0.443. The molecule has 0 radical (unpaired) electrons. The maximum atomic E-state index is 12.4. The highest BCUT2D eigenvalue weighted by molar-refractivity contribution is 7.18. The van der Waals surface area contributed by atoms with Crippen molar-refractivity contribution in [3.63, 3.8) is 0 Å². The van der Waals surface area contributed by atoms with E-state index < -0.39 is 17.6 Å². The first-order valence-electron chi connectivity index (χ1n) is 6.06. The van der Waals surface area contributed by atoms with Gasteiger partial charge in [-0.3, -0.25) is 9.59 Å². The van der Waals surface area contributed by atoms with Gasteiger partial charge in [0.2, 0.25) is 0 Å². The summed E-state index contributed by atoms with van der Waals surface area (Å²) in [4.78, 5) is 26.2. The number of carbonyl (C=O) groups excluding carboxylic acids is 2. The highest BCUT2D eigenvalue weighted by Crippen LogP contribution is 2.25. The molecule has 1 aromatic carbocycles. The second-order valence-corrected chi connectivity index (χ2v) is 5.98. The molecular formula is C15H11ClN2O2S. The summed E-state index contributed by atoms with van der Waals surface area (Å²) in [5.41, 5.74) is 0.625. The molecule has 21 heavy (non-hydrogen) atoms. The van der Waals surface area contributed by atoms with Crippen molar-refractivity contribution in [3.8, 4) is 6.07 Å². The summed E-state index contributed by atoms with van der Waals surface area (Å²) in [5.74, 6) is -2.45. The minimum absolute atomic E-state index is 0.307. The van der Waals surface area contributed by atoms with Gasteiger partial charge in [0.05, 0.1) is 15.3 Å².